The van der Waals surface area contributed by atoms with Crippen molar-refractivity contribution in [1.29, 1.82) is 0 Å². The molecule has 4 N–H and O–H groups in total. The van der Waals surface area contributed by atoms with Gasteiger partial charge in [0.15, 0.2) is 0 Å². The molecule has 0 saturated carbocycles. The van der Waals surface area contributed by atoms with Crippen molar-refractivity contribution < 1.29 is 13.2 Å². The number of rotatable bonds is 5. The Morgan fingerprint density at radius 2 is 2.12 bits per heavy atom. The fourth-order valence-corrected chi connectivity index (χ4v) is 1.39. The molecular formula is C8H11BrF3N5. The van der Waals surface area contributed by atoms with E-state index in [-0.39, 0.29) is 18.9 Å². The molecule has 1 aromatic rings. The normalized spacial score (nSPS) is 11.4. The summed E-state index contributed by atoms with van der Waals surface area (Å²) in [7, 11) is 0. The van der Waals surface area contributed by atoms with E-state index in [0.29, 0.717) is 10.3 Å². The molecule has 0 atom stereocenters. The van der Waals surface area contributed by atoms with Gasteiger partial charge in [0, 0.05) is 19.2 Å². The zero-order chi connectivity index (χ0) is 12.9. The number of nitrogens with two attached hydrogens (primary N) is 1. The fraction of sp³-hybridized carbons (Fsp3) is 0.500. The lowest BCUT2D eigenvalue weighted by atomic mass is 10.3. The first-order chi connectivity index (χ1) is 7.92. The van der Waals surface area contributed by atoms with Crippen LogP contribution in [0.1, 0.15) is 12.8 Å². The third-order valence-corrected chi connectivity index (χ3v) is 2.38. The Kier molecular flexibility index (Phi) is 4.94. The number of alkyl halides is 3. The van der Waals surface area contributed by atoms with E-state index in [2.05, 4.69) is 36.6 Å². The van der Waals surface area contributed by atoms with Crippen LogP contribution in [-0.4, -0.2) is 22.7 Å². The van der Waals surface area contributed by atoms with Crippen molar-refractivity contribution in [2.75, 3.05) is 17.3 Å². The van der Waals surface area contributed by atoms with Crippen LogP contribution >= 0.6 is 15.9 Å². The molecule has 0 aliphatic heterocycles. The number of hydrogen-bond donors (Lipinski definition) is 3. The average molecular weight is 314 g/mol. The van der Waals surface area contributed by atoms with E-state index in [1.165, 1.54) is 6.20 Å². The Balaban J connectivity index is 2.46. The monoisotopic (exact) mass is 313 g/mol. The second-order valence-electron chi connectivity index (χ2n) is 3.18. The molecule has 0 amide bonds. The Morgan fingerprint density at radius 1 is 1.41 bits per heavy atom. The van der Waals surface area contributed by atoms with Crippen molar-refractivity contribution in [1.82, 2.24) is 9.97 Å². The van der Waals surface area contributed by atoms with Gasteiger partial charge in [-0.3, -0.25) is 5.43 Å². The largest absolute Gasteiger partial charge is 0.389 e. The third kappa shape index (κ3) is 5.18. The number of anilines is 2. The first kappa shape index (κ1) is 14.0. The van der Waals surface area contributed by atoms with Gasteiger partial charge in [0.25, 0.3) is 0 Å². The van der Waals surface area contributed by atoms with Gasteiger partial charge < -0.3 is 5.32 Å². The summed E-state index contributed by atoms with van der Waals surface area (Å²) in [5, 5.41) is 2.77. The van der Waals surface area contributed by atoms with Crippen molar-refractivity contribution in [2.24, 2.45) is 5.84 Å². The summed E-state index contributed by atoms with van der Waals surface area (Å²) in [5.74, 6) is 5.70. The summed E-state index contributed by atoms with van der Waals surface area (Å²) in [4.78, 5) is 7.75. The second kappa shape index (κ2) is 6.01. The maximum absolute atomic E-state index is 11.9. The minimum Gasteiger partial charge on any atom is -0.369 e. The van der Waals surface area contributed by atoms with Crippen molar-refractivity contribution in [2.45, 2.75) is 19.0 Å². The van der Waals surface area contributed by atoms with E-state index in [4.69, 9.17) is 5.84 Å². The van der Waals surface area contributed by atoms with Crippen molar-refractivity contribution in [3.8, 4) is 0 Å². The van der Waals surface area contributed by atoms with Crippen LogP contribution < -0.4 is 16.6 Å². The summed E-state index contributed by atoms with van der Waals surface area (Å²) < 4.78 is 36.2. The van der Waals surface area contributed by atoms with E-state index >= 15 is 0 Å². The maximum Gasteiger partial charge on any atom is 0.389 e. The third-order valence-electron chi connectivity index (χ3n) is 1.80. The summed E-state index contributed by atoms with van der Waals surface area (Å²) in [6.45, 7) is 0.166. The van der Waals surface area contributed by atoms with Crippen molar-refractivity contribution in [3.63, 3.8) is 0 Å². The van der Waals surface area contributed by atoms with Gasteiger partial charge in [-0.25, -0.2) is 10.8 Å². The van der Waals surface area contributed by atoms with Gasteiger partial charge in [-0.05, 0) is 22.4 Å². The van der Waals surface area contributed by atoms with Gasteiger partial charge in [-0.1, -0.05) is 0 Å². The van der Waals surface area contributed by atoms with Crippen LogP contribution in [-0.2, 0) is 0 Å². The number of nitrogens with one attached hydrogen (secondary N) is 2. The molecule has 1 heterocycles. The molecule has 96 valence electrons. The molecule has 0 aliphatic rings. The molecule has 0 aliphatic carbocycles. The SMILES string of the molecule is NNc1ncc(Br)c(NCCCC(F)(F)F)n1. The zero-order valence-corrected chi connectivity index (χ0v) is 10.3. The Morgan fingerprint density at radius 3 is 2.71 bits per heavy atom. The highest BCUT2D eigenvalue weighted by Crippen LogP contribution is 2.22. The summed E-state index contributed by atoms with van der Waals surface area (Å²) in [6, 6.07) is 0. The van der Waals surface area contributed by atoms with Gasteiger partial charge in [0.2, 0.25) is 5.95 Å². The van der Waals surface area contributed by atoms with Crippen LogP contribution in [0.5, 0.6) is 0 Å². The number of aromatic nitrogens is 2. The number of halogens is 4. The minimum atomic E-state index is -4.13. The zero-order valence-electron chi connectivity index (χ0n) is 8.68. The molecule has 9 heteroatoms. The number of hydrazine groups is 1. The van der Waals surface area contributed by atoms with Crippen LogP contribution in [0.4, 0.5) is 24.9 Å². The van der Waals surface area contributed by atoms with Gasteiger partial charge in [-0.15, -0.1) is 0 Å². The molecule has 1 rings (SSSR count). The summed E-state index contributed by atoms with van der Waals surface area (Å²) in [5.41, 5.74) is 2.25. The van der Waals surface area contributed by atoms with Crippen LogP contribution in [0.2, 0.25) is 0 Å². The van der Waals surface area contributed by atoms with E-state index in [1.807, 2.05) is 0 Å². The van der Waals surface area contributed by atoms with E-state index < -0.39 is 12.6 Å². The molecule has 17 heavy (non-hydrogen) atoms. The van der Waals surface area contributed by atoms with Crippen LogP contribution in [0.25, 0.3) is 0 Å². The van der Waals surface area contributed by atoms with Crippen molar-refractivity contribution >= 4 is 27.7 Å². The number of nitrogens with zero attached hydrogens (tertiary/aromatic N) is 2. The van der Waals surface area contributed by atoms with Crippen molar-refractivity contribution in [3.05, 3.63) is 10.7 Å². The highest BCUT2D eigenvalue weighted by Gasteiger charge is 2.25. The average Bonchev–Trinajstić information content (AvgIpc) is 2.25. The number of nitrogen functional groups attached to an aromatic ring is 1. The predicted molar refractivity (Wildman–Crippen MR) is 61.3 cm³/mol. The predicted octanol–water partition coefficient (Wildman–Crippen LogP) is 2.28. The molecule has 1 aromatic heterocycles. The van der Waals surface area contributed by atoms with Gasteiger partial charge in [0.05, 0.1) is 4.47 Å². The highest BCUT2D eigenvalue weighted by molar-refractivity contribution is 9.10. The molecule has 0 fully saturated rings. The minimum absolute atomic E-state index is 0.0225. The topological polar surface area (TPSA) is 75.9 Å². The Bertz CT molecular complexity index is 371. The smallest absolute Gasteiger partial charge is 0.369 e. The molecule has 0 radical (unpaired) electrons. The fourth-order valence-electron chi connectivity index (χ4n) is 1.06. The highest BCUT2D eigenvalue weighted by atomic mass is 79.9. The first-order valence-electron chi connectivity index (χ1n) is 4.72. The van der Waals surface area contributed by atoms with E-state index in [9.17, 15) is 13.2 Å². The molecule has 0 unspecified atom stereocenters. The van der Waals surface area contributed by atoms with Crippen LogP contribution in [0.15, 0.2) is 10.7 Å². The lowest BCUT2D eigenvalue weighted by molar-refractivity contribution is -0.134. The van der Waals surface area contributed by atoms with E-state index in [0.717, 1.165) is 0 Å². The molecule has 0 spiro atoms. The molecule has 5 nitrogen and oxygen atoms in total. The first-order valence-corrected chi connectivity index (χ1v) is 5.51. The summed E-state index contributed by atoms with van der Waals surface area (Å²) in [6.07, 6.45) is -3.53. The molecule has 0 saturated heterocycles. The van der Waals surface area contributed by atoms with Gasteiger partial charge in [0.1, 0.15) is 5.82 Å². The van der Waals surface area contributed by atoms with Gasteiger partial charge in [-0.2, -0.15) is 18.2 Å². The van der Waals surface area contributed by atoms with Crippen LogP contribution in [0, 0.1) is 0 Å². The lowest BCUT2D eigenvalue weighted by Gasteiger charge is -2.09. The molecule has 0 aromatic carbocycles. The Hall–Kier alpha value is -1.09. The lowest BCUT2D eigenvalue weighted by Crippen LogP contribution is -2.14. The van der Waals surface area contributed by atoms with E-state index in [1.54, 1.807) is 0 Å². The molecular weight excluding hydrogens is 303 g/mol. The molecule has 0 bridgehead atoms. The standard InChI is InChI=1S/C8H11BrF3N5/c9-5-4-15-7(17-13)16-6(5)14-3-1-2-8(10,11)12/h4H,1-3,13H2,(H2,14,15,16,17). The quantitative estimate of drug-likeness (QED) is 0.442. The van der Waals surface area contributed by atoms with Crippen LogP contribution in [0.3, 0.4) is 0 Å². The Labute approximate surface area is 104 Å². The maximum atomic E-state index is 11.9. The van der Waals surface area contributed by atoms with Gasteiger partial charge >= 0.3 is 6.18 Å². The summed E-state index contributed by atoms with van der Waals surface area (Å²) >= 11 is 3.17. The second-order valence-corrected chi connectivity index (χ2v) is 4.03. The number of hydrogen-bond acceptors (Lipinski definition) is 5.